The summed E-state index contributed by atoms with van der Waals surface area (Å²) in [6.07, 6.45) is 3.15. The molecule has 0 atom stereocenters. The third kappa shape index (κ3) is 7.64. The molecule has 0 saturated carbocycles. The minimum absolute atomic E-state index is 0. The quantitative estimate of drug-likeness (QED) is 0.485. The molecule has 1 rings (SSSR count). The van der Waals surface area contributed by atoms with Crippen LogP contribution in [0, 0.1) is 0 Å². The Morgan fingerprint density at radius 2 is 1.33 bits per heavy atom. The molecule has 0 spiro atoms. The van der Waals surface area contributed by atoms with E-state index in [1.165, 1.54) is 0 Å². The summed E-state index contributed by atoms with van der Waals surface area (Å²) >= 11 is 0. The maximum Gasteiger partial charge on any atom is 4.00 e. The van der Waals surface area contributed by atoms with E-state index < -0.39 is 0 Å². The minimum Gasteiger partial charge on any atom is -2.00 e. The molecule has 0 aliphatic carbocycles. The van der Waals surface area contributed by atoms with Crippen molar-refractivity contribution in [2.45, 2.75) is 0 Å². The van der Waals surface area contributed by atoms with E-state index in [4.69, 9.17) is 0 Å². The Balaban J connectivity index is -0.000000120. The van der Waals surface area contributed by atoms with Gasteiger partial charge in [-0.1, -0.05) is 0 Å². The summed E-state index contributed by atoms with van der Waals surface area (Å²) < 4.78 is 0. The Morgan fingerprint density at radius 1 is 0.889 bits per heavy atom. The van der Waals surface area contributed by atoms with E-state index in [1.54, 1.807) is 18.5 Å². The zero-order chi connectivity index (χ0) is 4.24. The molecule has 0 fully saturated rings. The van der Waals surface area contributed by atoms with Crippen LogP contribution >= 0.6 is 0 Å². The van der Waals surface area contributed by atoms with Crippen molar-refractivity contribution in [2.24, 2.45) is 0 Å². The maximum atomic E-state index is 3.42. The van der Waals surface area contributed by atoms with E-state index in [9.17, 15) is 0 Å². The second-order valence-electron chi connectivity index (χ2n) is 0.811. The fourth-order valence-electron chi connectivity index (χ4n) is 0.205. The van der Waals surface area contributed by atoms with Crippen LogP contribution in [0.3, 0.4) is 0 Å². The second kappa shape index (κ2) is 10.6. The van der Waals surface area contributed by atoms with E-state index in [-0.39, 0.29) is 32.7 Å². The standard InChI is InChI=1S/C3H3N3.2O.Ti/c1-2-4-6-5-3-1;;;/h1-3H;;;/q;2*-2;+4. The van der Waals surface area contributed by atoms with Gasteiger partial charge >= 0.3 is 21.7 Å². The van der Waals surface area contributed by atoms with Crippen molar-refractivity contribution < 1.29 is 32.7 Å². The van der Waals surface area contributed by atoms with E-state index in [0.29, 0.717) is 0 Å². The fourth-order valence-corrected chi connectivity index (χ4v) is 0.205. The van der Waals surface area contributed by atoms with Gasteiger partial charge in [-0.05, 0) is 11.3 Å². The first-order valence-corrected chi connectivity index (χ1v) is 1.58. The van der Waals surface area contributed by atoms with Crippen LogP contribution in [0.25, 0.3) is 0 Å². The summed E-state index contributed by atoms with van der Waals surface area (Å²) in [6.45, 7) is 0. The third-order valence-electron chi connectivity index (χ3n) is 0.409. The SMILES string of the molecule is [O-2].[O-2].[Ti+4].c1cnnnc1. The van der Waals surface area contributed by atoms with E-state index in [2.05, 4.69) is 15.4 Å². The first kappa shape index (κ1) is 15.9. The molecule has 5 nitrogen and oxygen atoms in total. The number of rotatable bonds is 0. The van der Waals surface area contributed by atoms with Crippen molar-refractivity contribution in [3.8, 4) is 0 Å². The van der Waals surface area contributed by atoms with Crippen molar-refractivity contribution in [1.82, 2.24) is 15.4 Å². The molecule has 0 bridgehead atoms. The summed E-state index contributed by atoms with van der Waals surface area (Å²) in [5, 5.41) is 10.1. The van der Waals surface area contributed by atoms with E-state index in [1.807, 2.05) is 0 Å². The van der Waals surface area contributed by atoms with Gasteiger partial charge in [-0.3, -0.25) is 0 Å². The number of nitrogens with zero attached hydrogens (tertiary/aromatic N) is 3. The van der Waals surface area contributed by atoms with Gasteiger partial charge in [0.05, 0.1) is 12.4 Å². The monoisotopic (exact) mass is 161 g/mol. The molecule has 0 saturated heterocycles. The molecule has 1 aromatic heterocycles. The van der Waals surface area contributed by atoms with Gasteiger partial charge in [-0.25, -0.2) is 0 Å². The Morgan fingerprint density at radius 3 is 1.44 bits per heavy atom. The van der Waals surface area contributed by atoms with Gasteiger partial charge in [-0.15, -0.1) is 10.2 Å². The number of hydrogen-bond donors (Lipinski definition) is 0. The van der Waals surface area contributed by atoms with Gasteiger partial charge < -0.3 is 11.0 Å². The predicted octanol–water partition coefficient (Wildman–Crippen LogP) is -0.369. The van der Waals surface area contributed by atoms with E-state index >= 15 is 0 Å². The fraction of sp³-hybridized carbons (Fsp3) is 0. The first-order valence-electron chi connectivity index (χ1n) is 1.58. The zero-order valence-electron chi connectivity index (χ0n) is 4.39. The van der Waals surface area contributed by atoms with Crippen LogP contribution in [0.2, 0.25) is 0 Å². The van der Waals surface area contributed by atoms with Crippen LogP contribution in [0.15, 0.2) is 18.5 Å². The number of hydrogen-bond acceptors (Lipinski definition) is 3. The Hall–Kier alpha value is -0.356. The molecule has 0 aliphatic heterocycles. The van der Waals surface area contributed by atoms with E-state index in [0.717, 1.165) is 0 Å². The van der Waals surface area contributed by atoms with Gasteiger partial charge in [0.1, 0.15) is 0 Å². The largest absolute Gasteiger partial charge is 4.00 e. The Bertz CT molecular complexity index is 89.0. The molecular formula is C3H3N3O2Ti. The smallest absolute Gasteiger partial charge is 2.00 e. The molecule has 46 valence electrons. The van der Waals surface area contributed by atoms with Gasteiger partial charge in [0.2, 0.25) is 0 Å². The van der Waals surface area contributed by atoms with Crippen LogP contribution in [-0.2, 0) is 32.7 Å². The molecule has 1 heterocycles. The Labute approximate surface area is 67.0 Å². The van der Waals surface area contributed by atoms with Crippen LogP contribution in [-0.4, -0.2) is 15.4 Å². The second-order valence-corrected chi connectivity index (χ2v) is 0.811. The van der Waals surface area contributed by atoms with Gasteiger partial charge in [0.15, 0.2) is 0 Å². The van der Waals surface area contributed by atoms with Gasteiger partial charge in [-0.2, -0.15) is 0 Å². The van der Waals surface area contributed by atoms with Crippen LogP contribution in [0.4, 0.5) is 0 Å². The molecule has 9 heavy (non-hydrogen) atoms. The van der Waals surface area contributed by atoms with Crippen LogP contribution in [0.5, 0.6) is 0 Å². The molecule has 6 heteroatoms. The van der Waals surface area contributed by atoms with Crippen molar-refractivity contribution in [2.75, 3.05) is 0 Å². The number of aromatic nitrogens is 3. The average Bonchev–Trinajstić information content (AvgIpc) is 1.72. The molecular weight excluding hydrogens is 158 g/mol. The van der Waals surface area contributed by atoms with Gasteiger partial charge in [0, 0.05) is 0 Å². The average molecular weight is 161 g/mol. The van der Waals surface area contributed by atoms with Crippen molar-refractivity contribution >= 4 is 0 Å². The van der Waals surface area contributed by atoms with Crippen molar-refractivity contribution in [3.63, 3.8) is 0 Å². The Kier molecular flexibility index (Phi) is 18.7. The summed E-state index contributed by atoms with van der Waals surface area (Å²) in [5.41, 5.74) is 0. The summed E-state index contributed by atoms with van der Waals surface area (Å²) in [4.78, 5) is 0. The molecule has 0 aliphatic rings. The first-order chi connectivity index (χ1) is 3.00. The van der Waals surface area contributed by atoms with Crippen molar-refractivity contribution in [3.05, 3.63) is 18.5 Å². The zero-order valence-corrected chi connectivity index (χ0v) is 5.95. The molecule has 1 aromatic rings. The van der Waals surface area contributed by atoms with Crippen LogP contribution in [0.1, 0.15) is 0 Å². The summed E-state index contributed by atoms with van der Waals surface area (Å²) in [5.74, 6) is 0. The molecule has 0 aromatic carbocycles. The van der Waals surface area contributed by atoms with Gasteiger partial charge in [0.25, 0.3) is 0 Å². The normalized spacial score (nSPS) is 5.33. The molecule has 0 amide bonds. The maximum absolute atomic E-state index is 3.42. The molecule has 0 radical (unpaired) electrons. The van der Waals surface area contributed by atoms with Crippen LogP contribution < -0.4 is 0 Å². The topological polar surface area (TPSA) is 95.7 Å². The molecule has 0 unspecified atom stereocenters. The third-order valence-corrected chi connectivity index (χ3v) is 0.409. The summed E-state index contributed by atoms with van der Waals surface area (Å²) in [7, 11) is 0. The van der Waals surface area contributed by atoms with Crippen molar-refractivity contribution in [1.29, 1.82) is 0 Å². The minimum atomic E-state index is 0. The summed E-state index contributed by atoms with van der Waals surface area (Å²) in [6, 6.07) is 1.72. The molecule has 0 N–H and O–H groups in total. The predicted molar refractivity (Wildman–Crippen MR) is 21.2 cm³/mol.